The van der Waals surface area contributed by atoms with Gasteiger partial charge in [0.15, 0.2) is 11.4 Å². The highest BCUT2D eigenvalue weighted by atomic mass is 16.6. The fourth-order valence-corrected chi connectivity index (χ4v) is 7.07. The Balaban J connectivity index is 1.26. The van der Waals surface area contributed by atoms with E-state index in [4.69, 9.17) is 0 Å². The van der Waals surface area contributed by atoms with E-state index in [9.17, 15) is 20.2 Å². The van der Waals surface area contributed by atoms with E-state index in [1.165, 1.54) is 33.9 Å². The van der Waals surface area contributed by atoms with Gasteiger partial charge in [-0.2, -0.15) is 9.15 Å². The fourth-order valence-electron chi connectivity index (χ4n) is 7.07. The van der Waals surface area contributed by atoms with Crippen LogP contribution >= 0.6 is 0 Å². The minimum Gasteiger partial charge on any atom is -0.258 e. The summed E-state index contributed by atoms with van der Waals surface area (Å²) in [5.41, 5.74) is 9.02. The molecule has 6 rings (SSSR count). The third kappa shape index (κ3) is 6.13. The van der Waals surface area contributed by atoms with Crippen molar-refractivity contribution < 1.29 is 19.0 Å². The lowest BCUT2D eigenvalue weighted by Gasteiger charge is -2.15. The molecule has 0 saturated heterocycles. The van der Waals surface area contributed by atoms with Gasteiger partial charge in [0.1, 0.15) is 13.1 Å². The molecule has 242 valence electrons. The van der Waals surface area contributed by atoms with E-state index in [0.717, 1.165) is 37.1 Å². The van der Waals surface area contributed by atoms with E-state index in [1.54, 1.807) is 48.5 Å². The van der Waals surface area contributed by atoms with Crippen molar-refractivity contribution in [2.75, 3.05) is 13.1 Å². The number of unbranched alkanes of at least 4 members (excludes halogenated alkanes) is 1. The number of nitro benzene ring substituents is 2. The van der Waals surface area contributed by atoms with Crippen molar-refractivity contribution in [2.45, 2.75) is 51.4 Å². The van der Waals surface area contributed by atoms with Gasteiger partial charge in [-0.3, -0.25) is 20.2 Å². The molecule has 0 aromatic heterocycles. The molecule has 8 nitrogen and oxygen atoms in total. The summed E-state index contributed by atoms with van der Waals surface area (Å²) in [4.78, 5) is 21.5. The van der Waals surface area contributed by atoms with Crippen LogP contribution in [0.3, 0.4) is 0 Å². The highest BCUT2D eigenvalue weighted by molar-refractivity contribution is 6.06. The van der Waals surface area contributed by atoms with E-state index in [1.807, 2.05) is 12.2 Å². The van der Waals surface area contributed by atoms with E-state index in [-0.39, 0.29) is 32.1 Å². The molecule has 8 heteroatoms. The Morgan fingerprint density at radius 1 is 0.542 bits per heavy atom. The van der Waals surface area contributed by atoms with Gasteiger partial charge >= 0.3 is 0 Å². The van der Waals surface area contributed by atoms with Crippen molar-refractivity contribution in [2.24, 2.45) is 0 Å². The molecule has 0 atom stereocenters. The van der Waals surface area contributed by atoms with Gasteiger partial charge < -0.3 is 0 Å². The second-order valence-corrected chi connectivity index (χ2v) is 13.4. The molecule has 4 aromatic rings. The Bertz CT molecular complexity index is 1870. The minimum atomic E-state index is -0.377. The van der Waals surface area contributed by atoms with Gasteiger partial charge in [0.25, 0.3) is 11.4 Å². The number of benzene rings is 4. The average molecular weight is 641 g/mol. The van der Waals surface area contributed by atoms with Crippen LogP contribution in [0.4, 0.5) is 22.7 Å². The van der Waals surface area contributed by atoms with Crippen LogP contribution in [-0.2, 0) is 10.8 Å². The zero-order valence-corrected chi connectivity index (χ0v) is 27.8. The predicted octanol–water partition coefficient (Wildman–Crippen LogP) is 9.16. The lowest BCUT2D eigenvalue weighted by atomic mass is 9.81. The molecule has 2 aliphatic heterocycles. The number of hydrogen-bond acceptors (Lipinski definition) is 4. The Morgan fingerprint density at radius 2 is 0.896 bits per heavy atom. The van der Waals surface area contributed by atoms with Crippen LogP contribution in [0.1, 0.15) is 62.8 Å². The molecule has 0 radical (unpaired) electrons. The van der Waals surface area contributed by atoms with Gasteiger partial charge in [-0.1, -0.05) is 36.4 Å². The van der Waals surface area contributed by atoms with Gasteiger partial charge in [0.05, 0.1) is 20.7 Å². The van der Waals surface area contributed by atoms with Crippen LogP contribution in [0, 0.1) is 20.2 Å². The van der Waals surface area contributed by atoms with Crippen LogP contribution in [0.2, 0.25) is 0 Å². The minimum absolute atomic E-state index is 0.0845. The number of nitro groups is 2. The van der Waals surface area contributed by atoms with Crippen molar-refractivity contribution in [3.05, 3.63) is 152 Å². The first kappa shape index (κ1) is 32.4. The number of rotatable bonds is 11. The molecule has 0 saturated carbocycles. The second kappa shape index (κ2) is 13.0. The quantitative estimate of drug-likeness (QED) is 0.0707. The summed E-state index contributed by atoms with van der Waals surface area (Å²) in [7, 11) is 0. The molecule has 0 spiro atoms. The van der Waals surface area contributed by atoms with Gasteiger partial charge in [-0.05, 0) is 75.2 Å². The van der Waals surface area contributed by atoms with Crippen molar-refractivity contribution in [1.82, 2.24) is 0 Å². The lowest BCUT2D eigenvalue weighted by molar-refractivity contribution is -0.451. The third-order valence-corrected chi connectivity index (χ3v) is 9.69. The summed E-state index contributed by atoms with van der Waals surface area (Å²) in [6.07, 6.45) is 10.4. The molecule has 0 aliphatic carbocycles. The third-order valence-electron chi connectivity index (χ3n) is 9.69. The lowest BCUT2D eigenvalue weighted by Crippen LogP contribution is -2.28. The van der Waals surface area contributed by atoms with Gasteiger partial charge in [0.2, 0.25) is 11.4 Å². The Kier molecular flexibility index (Phi) is 8.75. The molecule has 2 heterocycles. The number of fused-ring (bicyclic) bond motifs is 2. The van der Waals surface area contributed by atoms with Gasteiger partial charge in [-0.25, -0.2) is 0 Å². The van der Waals surface area contributed by atoms with E-state index < -0.39 is 0 Å². The van der Waals surface area contributed by atoms with Crippen LogP contribution in [-0.4, -0.2) is 43.5 Å². The zero-order valence-electron chi connectivity index (χ0n) is 27.8. The number of allylic oxidation sites excluding steroid dienone is 2. The largest absolute Gasteiger partial charge is 0.269 e. The standard InChI is InChI=1S/C40H40N4O4/c1-39(2)33-11-5-7-13-35(33)41(37(39)25-19-29-15-21-31(22-16-29)43(45)46)27-9-10-28-42-36-14-8-6-12-34(36)40(3,4)38(42)26-20-30-17-23-32(24-18-30)44(47)48/h5-8,11-26H,9-10,27-28H2,1-4H3/q+2/b25-19+,26-20+. The zero-order chi connectivity index (χ0) is 34.1. The summed E-state index contributed by atoms with van der Waals surface area (Å²) in [6.45, 7) is 10.7. The van der Waals surface area contributed by atoms with Crippen molar-refractivity contribution in [1.29, 1.82) is 0 Å². The van der Waals surface area contributed by atoms with Crippen molar-refractivity contribution in [3.63, 3.8) is 0 Å². The normalized spacial score (nSPS) is 16.2. The highest BCUT2D eigenvalue weighted by Gasteiger charge is 2.45. The first-order chi connectivity index (χ1) is 23.0. The Hall–Kier alpha value is -5.50. The maximum absolute atomic E-state index is 11.1. The highest BCUT2D eigenvalue weighted by Crippen LogP contribution is 2.41. The predicted molar refractivity (Wildman–Crippen MR) is 192 cm³/mol. The number of nitrogens with zero attached hydrogens (tertiary/aromatic N) is 4. The van der Waals surface area contributed by atoms with E-state index in [2.05, 4.69) is 97.5 Å². The Labute approximate surface area is 281 Å². The van der Waals surface area contributed by atoms with Gasteiger partial charge in [0, 0.05) is 72.5 Å². The molecule has 48 heavy (non-hydrogen) atoms. The molecule has 2 aliphatic rings. The maximum Gasteiger partial charge on any atom is 0.269 e. The molecule has 0 fully saturated rings. The van der Waals surface area contributed by atoms with Crippen LogP contribution < -0.4 is 0 Å². The summed E-state index contributed by atoms with van der Waals surface area (Å²) >= 11 is 0. The smallest absolute Gasteiger partial charge is 0.258 e. The van der Waals surface area contributed by atoms with Crippen LogP contribution in [0.25, 0.3) is 12.2 Å². The van der Waals surface area contributed by atoms with Crippen molar-refractivity contribution >= 4 is 46.3 Å². The number of para-hydroxylation sites is 2. The van der Waals surface area contributed by atoms with Crippen molar-refractivity contribution in [3.8, 4) is 0 Å². The average Bonchev–Trinajstić information content (AvgIpc) is 3.43. The topological polar surface area (TPSA) is 92.3 Å². The summed E-state index contributed by atoms with van der Waals surface area (Å²) in [6, 6.07) is 30.5. The maximum atomic E-state index is 11.1. The molecular formula is C40H40N4O4+2. The molecule has 0 amide bonds. The molecule has 0 unspecified atom stereocenters. The summed E-state index contributed by atoms with van der Waals surface area (Å²) in [5, 5.41) is 22.2. The van der Waals surface area contributed by atoms with Crippen LogP contribution in [0.15, 0.2) is 109 Å². The van der Waals surface area contributed by atoms with Gasteiger partial charge in [-0.15, -0.1) is 0 Å². The SMILES string of the molecule is CC1(C)C(/C=C/c2ccc([N+](=O)[O-])cc2)=[N+](CCCC[N+]2=C(/C=C/c3ccc([N+](=O)[O-])cc3)C(C)(C)c3ccccc32)c2ccccc21. The summed E-state index contributed by atoms with van der Waals surface area (Å²) in [5.74, 6) is 0. The molecular weight excluding hydrogens is 600 g/mol. The molecule has 0 N–H and O–H groups in total. The first-order valence-electron chi connectivity index (χ1n) is 16.3. The van der Waals surface area contributed by atoms with Crippen LogP contribution in [0.5, 0.6) is 0 Å². The molecule has 0 bridgehead atoms. The number of hydrogen-bond donors (Lipinski definition) is 0. The monoisotopic (exact) mass is 640 g/mol. The second-order valence-electron chi connectivity index (χ2n) is 13.4. The van der Waals surface area contributed by atoms with E-state index >= 15 is 0 Å². The fraction of sp³-hybridized carbons (Fsp3) is 0.250. The molecule has 4 aromatic carbocycles. The van der Waals surface area contributed by atoms with E-state index in [0.29, 0.717) is 0 Å². The summed E-state index contributed by atoms with van der Waals surface area (Å²) < 4.78 is 4.86. The Morgan fingerprint density at radius 3 is 1.25 bits per heavy atom. The first-order valence-corrected chi connectivity index (χ1v) is 16.3. The number of non-ortho nitro benzene ring substituents is 2.